The summed E-state index contributed by atoms with van der Waals surface area (Å²) >= 11 is 0. The molecule has 2 nitrogen and oxygen atoms in total. The van der Waals surface area contributed by atoms with Crippen LogP contribution < -0.4 is 5.32 Å². The fraction of sp³-hybridized carbons (Fsp3) is 1.00. The smallest absolute Gasteiger partial charge is 0.0616 e. The first-order valence-corrected chi connectivity index (χ1v) is 2.66. The molecular formula is C5H11NO. The van der Waals surface area contributed by atoms with Crippen LogP contribution in [-0.2, 0) is 4.74 Å². The molecule has 1 rings (SSSR count). The quantitative estimate of drug-likeness (QED) is 0.528. The average Bonchev–Trinajstić information content (AvgIpc) is 1.55. The SMILES string of the molecule is COCC1CCN1. The molecule has 1 fully saturated rings. The maximum atomic E-state index is 4.88. The van der Waals surface area contributed by atoms with E-state index in [-0.39, 0.29) is 0 Å². The predicted octanol–water partition coefficient (Wildman–Crippen LogP) is -0.00530. The van der Waals surface area contributed by atoms with Crippen molar-refractivity contribution in [1.29, 1.82) is 0 Å². The lowest BCUT2D eigenvalue weighted by atomic mass is 10.1. The van der Waals surface area contributed by atoms with Crippen molar-refractivity contribution in [2.75, 3.05) is 20.3 Å². The van der Waals surface area contributed by atoms with Gasteiger partial charge in [0.25, 0.3) is 0 Å². The Hall–Kier alpha value is -0.0800. The molecule has 7 heavy (non-hydrogen) atoms. The summed E-state index contributed by atoms with van der Waals surface area (Å²) in [4.78, 5) is 0. The lowest BCUT2D eigenvalue weighted by Gasteiger charge is -2.26. The van der Waals surface area contributed by atoms with Crippen molar-refractivity contribution in [3.63, 3.8) is 0 Å². The number of rotatable bonds is 2. The van der Waals surface area contributed by atoms with E-state index in [9.17, 15) is 0 Å². The molecule has 0 aromatic rings. The van der Waals surface area contributed by atoms with Gasteiger partial charge in [0.15, 0.2) is 0 Å². The van der Waals surface area contributed by atoms with E-state index >= 15 is 0 Å². The summed E-state index contributed by atoms with van der Waals surface area (Å²) in [5.41, 5.74) is 0. The molecule has 0 saturated carbocycles. The van der Waals surface area contributed by atoms with Gasteiger partial charge in [-0.25, -0.2) is 0 Å². The van der Waals surface area contributed by atoms with Crippen LogP contribution in [-0.4, -0.2) is 26.3 Å². The Balaban J connectivity index is 1.93. The summed E-state index contributed by atoms with van der Waals surface area (Å²) in [6.07, 6.45) is 1.29. The van der Waals surface area contributed by atoms with E-state index in [2.05, 4.69) is 5.32 Å². The zero-order valence-corrected chi connectivity index (χ0v) is 4.61. The zero-order chi connectivity index (χ0) is 5.11. The lowest BCUT2D eigenvalue weighted by Crippen LogP contribution is -2.45. The summed E-state index contributed by atoms with van der Waals surface area (Å²) < 4.78 is 4.88. The first kappa shape index (κ1) is 5.06. The fourth-order valence-electron chi connectivity index (χ4n) is 0.692. The summed E-state index contributed by atoms with van der Waals surface area (Å²) in [7, 11) is 1.74. The van der Waals surface area contributed by atoms with Gasteiger partial charge in [-0.15, -0.1) is 0 Å². The third-order valence-corrected chi connectivity index (χ3v) is 1.29. The average molecular weight is 101 g/mol. The highest BCUT2D eigenvalue weighted by Crippen LogP contribution is 1.99. The second-order valence-corrected chi connectivity index (χ2v) is 1.90. The van der Waals surface area contributed by atoms with Gasteiger partial charge in [-0.3, -0.25) is 0 Å². The van der Waals surface area contributed by atoms with Crippen molar-refractivity contribution in [2.24, 2.45) is 0 Å². The molecule has 0 radical (unpaired) electrons. The third-order valence-electron chi connectivity index (χ3n) is 1.29. The van der Waals surface area contributed by atoms with E-state index in [1.165, 1.54) is 13.0 Å². The van der Waals surface area contributed by atoms with E-state index in [0.717, 1.165) is 6.61 Å². The summed E-state index contributed by atoms with van der Waals surface area (Å²) in [5.74, 6) is 0. The highest BCUT2D eigenvalue weighted by Gasteiger charge is 2.14. The first-order valence-electron chi connectivity index (χ1n) is 2.66. The van der Waals surface area contributed by atoms with Gasteiger partial charge in [-0.1, -0.05) is 0 Å². The molecule has 1 unspecified atom stereocenters. The Morgan fingerprint density at radius 1 is 1.86 bits per heavy atom. The van der Waals surface area contributed by atoms with Crippen LogP contribution in [0.5, 0.6) is 0 Å². The molecular weight excluding hydrogens is 90.1 g/mol. The monoisotopic (exact) mass is 101 g/mol. The van der Waals surface area contributed by atoms with E-state index in [4.69, 9.17) is 4.74 Å². The highest BCUT2D eigenvalue weighted by atomic mass is 16.5. The molecule has 1 saturated heterocycles. The van der Waals surface area contributed by atoms with Crippen LogP contribution in [0.15, 0.2) is 0 Å². The van der Waals surface area contributed by atoms with Crippen LogP contribution in [0.2, 0.25) is 0 Å². The molecule has 42 valence electrons. The minimum atomic E-state index is 0.657. The molecule has 0 amide bonds. The Morgan fingerprint density at radius 3 is 2.71 bits per heavy atom. The molecule has 0 bridgehead atoms. The van der Waals surface area contributed by atoms with Crippen LogP contribution in [0.4, 0.5) is 0 Å². The number of nitrogens with one attached hydrogen (secondary N) is 1. The second kappa shape index (κ2) is 2.28. The summed E-state index contributed by atoms with van der Waals surface area (Å²) in [6.45, 7) is 2.05. The Bertz CT molecular complexity index is 52.0. The van der Waals surface area contributed by atoms with Crippen molar-refractivity contribution in [3.8, 4) is 0 Å². The van der Waals surface area contributed by atoms with Gasteiger partial charge in [0.1, 0.15) is 0 Å². The number of hydrogen-bond donors (Lipinski definition) is 1. The zero-order valence-electron chi connectivity index (χ0n) is 4.61. The highest BCUT2D eigenvalue weighted by molar-refractivity contribution is 4.75. The van der Waals surface area contributed by atoms with Gasteiger partial charge in [-0.2, -0.15) is 0 Å². The largest absolute Gasteiger partial charge is 0.383 e. The minimum Gasteiger partial charge on any atom is -0.383 e. The van der Waals surface area contributed by atoms with E-state index < -0.39 is 0 Å². The van der Waals surface area contributed by atoms with Crippen LogP contribution >= 0.6 is 0 Å². The Labute approximate surface area is 43.9 Å². The molecule has 0 aliphatic carbocycles. The standard InChI is InChI=1S/C5H11NO/c1-7-4-5-2-3-6-5/h5-6H,2-4H2,1H3. The van der Waals surface area contributed by atoms with Crippen molar-refractivity contribution in [1.82, 2.24) is 5.32 Å². The van der Waals surface area contributed by atoms with Crippen molar-refractivity contribution in [3.05, 3.63) is 0 Å². The van der Waals surface area contributed by atoms with Crippen LogP contribution in [0, 0.1) is 0 Å². The molecule has 2 heteroatoms. The van der Waals surface area contributed by atoms with Crippen LogP contribution in [0.3, 0.4) is 0 Å². The van der Waals surface area contributed by atoms with Gasteiger partial charge in [-0.05, 0) is 13.0 Å². The Kier molecular flexibility index (Phi) is 1.65. The van der Waals surface area contributed by atoms with E-state index in [1.54, 1.807) is 7.11 Å². The van der Waals surface area contributed by atoms with Crippen LogP contribution in [0.1, 0.15) is 6.42 Å². The van der Waals surface area contributed by atoms with Gasteiger partial charge in [0.05, 0.1) is 6.61 Å². The summed E-state index contributed by atoms with van der Waals surface area (Å²) in [6, 6.07) is 0.657. The van der Waals surface area contributed by atoms with E-state index in [0.29, 0.717) is 6.04 Å². The van der Waals surface area contributed by atoms with Crippen molar-refractivity contribution >= 4 is 0 Å². The predicted molar refractivity (Wildman–Crippen MR) is 28.3 cm³/mol. The summed E-state index contributed by atoms with van der Waals surface area (Å²) in [5, 5.41) is 3.22. The molecule has 1 aliphatic heterocycles. The number of hydrogen-bond acceptors (Lipinski definition) is 2. The molecule has 0 spiro atoms. The second-order valence-electron chi connectivity index (χ2n) is 1.90. The maximum absolute atomic E-state index is 4.88. The number of methoxy groups -OCH3 is 1. The van der Waals surface area contributed by atoms with E-state index in [1.807, 2.05) is 0 Å². The van der Waals surface area contributed by atoms with Gasteiger partial charge in [0, 0.05) is 13.2 Å². The lowest BCUT2D eigenvalue weighted by molar-refractivity contribution is 0.139. The Morgan fingerprint density at radius 2 is 2.57 bits per heavy atom. The van der Waals surface area contributed by atoms with Crippen LogP contribution in [0.25, 0.3) is 0 Å². The molecule has 0 aromatic carbocycles. The van der Waals surface area contributed by atoms with Gasteiger partial charge >= 0.3 is 0 Å². The third kappa shape index (κ3) is 1.14. The molecule has 1 aliphatic rings. The molecule has 1 N–H and O–H groups in total. The normalized spacial score (nSPS) is 29.6. The maximum Gasteiger partial charge on any atom is 0.0616 e. The molecule has 0 aromatic heterocycles. The fourth-order valence-corrected chi connectivity index (χ4v) is 0.692. The van der Waals surface area contributed by atoms with Gasteiger partial charge in [0.2, 0.25) is 0 Å². The number of ether oxygens (including phenoxy) is 1. The van der Waals surface area contributed by atoms with Crippen molar-refractivity contribution < 1.29 is 4.74 Å². The minimum absolute atomic E-state index is 0.657. The topological polar surface area (TPSA) is 21.3 Å². The van der Waals surface area contributed by atoms with Crippen molar-refractivity contribution in [2.45, 2.75) is 12.5 Å². The first-order chi connectivity index (χ1) is 3.43. The molecule has 1 atom stereocenters. The van der Waals surface area contributed by atoms with Gasteiger partial charge < -0.3 is 10.1 Å². The molecule has 1 heterocycles.